The van der Waals surface area contributed by atoms with Crippen LogP contribution in [0.4, 0.5) is 0 Å². The van der Waals surface area contributed by atoms with Gasteiger partial charge in [-0.3, -0.25) is 0 Å². The molecule has 4 heteroatoms. The SMILES string of the molecule is CO[C@@H]1CCO[C@@H]1COC1(P)CCCCCC1. The number of methoxy groups -OCH3 is 1. The van der Waals surface area contributed by atoms with Crippen molar-refractivity contribution in [2.24, 2.45) is 0 Å². The molecular formula is C13H25O3P. The maximum atomic E-state index is 6.12. The van der Waals surface area contributed by atoms with Crippen molar-refractivity contribution in [3.63, 3.8) is 0 Å². The lowest BCUT2D eigenvalue weighted by atomic mass is 10.1. The minimum atomic E-state index is -0.0132. The van der Waals surface area contributed by atoms with Crippen LogP contribution in [-0.2, 0) is 14.2 Å². The van der Waals surface area contributed by atoms with Crippen molar-refractivity contribution in [2.75, 3.05) is 20.3 Å². The molecule has 2 rings (SSSR count). The van der Waals surface area contributed by atoms with E-state index in [1.165, 1.54) is 25.7 Å². The molecule has 1 aliphatic heterocycles. The van der Waals surface area contributed by atoms with Gasteiger partial charge in [0, 0.05) is 13.7 Å². The third kappa shape index (κ3) is 3.89. The number of hydrogen-bond donors (Lipinski definition) is 0. The zero-order chi connectivity index (χ0) is 12.1. The van der Waals surface area contributed by atoms with Crippen LogP contribution in [-0.4, -0.2) is 37.9 Å². The van der Waals surface area contributed by atoms with Crippen LogP contribution in [0.2, 0.25) is 0 Å². The van der Waals surface area contributed by atoms with E-state index in [0.29, 0.717) is 6.61 Å². The Balaban J connectivity index is 1.79. The van der Waals surface area contributed by atoms with Gasteiger partial charge >= 0.3 is 0 Å². The van der Waals surface area contributed by atoms with Gasteiger partial charge in [0.2, 0.25) is 0 Å². The summed E-state index contributed by atoms with van der Waals surface area (Å²) in [6.07, 6.45) is 8.90. The first-order chi connectivity index (χ1) is 8.23. The predicted octanol–water partition coefficient (Wildman–Crippen LogP) is 2.73. The van der Waals surface area contributed by atoms with Crippen LogP contribution >= 0.6 is 9.24 Å². The van der Waals surface area contributed by atoms with Crippen LogP contribution in [0, 0.1) is 0 Å². The summed E-state index contributed by atoms with van der Waals surface area (Å²) in [6, 6.07) is 0. The van der Waals surface area contributed by atoms with Gasteiger partial charge in [-0.15, -0.1) is 9.24 Å². The summed E-state index contributed by atoms with van der Waals surface area (Å²) in [7, 11) is 4.69. The molecule has 1 saturated carbocycles. The van der Waals surface area contributed by atoms with E-state index in [-0.39, 0.29) is 17.6 Å². The molecule has 1 aliphatic carbocycles. The molecule has 0 aromatic heterocycles. The third-order valence-electron chi connectivity index (χ3n) is 3.94. The highest BCUT2D eigenvalue weighted by molar-refractivity contribution is 7.18. The largest absolute Gasteiger partial charge is 0.379 e. The Kier molecular flexibility index (Phi) is 5.23. The molecule has 0 aromatic carbocycles. The van der Waals surface area contributed by atoms with Crippen LogP contribution in [0.1, 0.15) is 44.9 Å². The summed E-state index contributed by atoms with van der Waals surface area (Å²) in [5, 5.41) is -0.0132. The van der Waals surface area contributed by atoms with Gasteiger partial charge in [0.1, 0.15) is 6.10 Å². The van der Waals surface area contributed by atoms with E-state index in [2.05, 4.69) is 9.24 Å². The molecule has 0 aromatic rings. The minimum absolute atomic E-state index is 0.0132. The topological polar surface area (TPSA) is 27.7 Å². The lowest BCUT2D eigenvalue weighted by Gasteiger charge is -2.30. The van der Waals surface area contributed by atoms with E-state index < -0.39 is 0 Å². The highest BCUT2D eigenvalue weighted by Crippen LogP contribution is 2.36. The summed E-state index contributed by atoms with van der Waals surface area (Å²) in [6.45, 7) is 1.47. The predicted molar refractivity (Wildman–Crippen MR) is 71.2 cm³/mol. The monoisotopic (exact) mass is 260 g/mol. The molecule has 3 atom stereocenters. The van der Waals surface area contributed by atoms with E-state index in [1.54, 1.807) is 7.11 Å². The molecule has 2 aliphatic rings. The fourth-order valence-corrected chi connectivity index (χ4v) is 3.28. The normalized spacial score (nSPS) is 33.5. The Morgan fingerprint density at radius 3 is 2.59 bits per heavy atom. The Morgan fingerprint density at radius 1 is 1.24 bits per heavy atom. The highest BCUT2D eigenvalue weighted by atomic mass is 31.0. The maximum Gasteiger partial charge on any atom is 0.107 e. The Bertz CT molecular complexity index is 227. The van der Waals surface area contributed by atoms with Gasteiger partial charge in [0.05, 0.1) is 18.1 Å². The van der Waals surface area contributed by atoms with Gasteiger partial charge in [-0.05, 0) is 19.3 Å². The van der Waals surface area contributed by atoms with E-state index in [9.17, 15) is 0 Å². The average molecular weight is 260 g/mol. The summed E-state index contributed by atoms with van der Waals surface area (Å²) < 4.78 is 17.2. The molecule has 0 spiro atoms. The van der Waals surface area contributed by atoms with Gasteiger partial charge in [0.15, 0.2) is 0 Å². The summed E-state index contributed by atoms with van der Waals surface area (Å²) in [4.78, 5) is 0. The quantitative estimate of drug-likeness (QED) is 0.574. The second-order valence-corrected chi connectivity index (χ2v) is 6.31. The molecule has 0 radical (unpaired) electrons. The van der Waals surface area contributed by atoms with Crippen molar-refractivity contribution in [1.82, 2.24) is 0 Å². The maximum absolute atomic E-state index is 6.12. The third-order valence-corrected chi connectivity index (χ3v) is 4.68. The zero-order valence-corrected chi connectivity index (χ0v) is 12.0. The summed E-state index contributed by atoms with van der Waals surface area (Å²) >= 11 is 0. The molecule has 1 unspecified atom stereocenters. The number of hydrogen-bond acceptors (Lipinski definition) is 3. The van der Waals surface area contributed by atoms with Crippen LogP contribution in [0.5, 0.6) is 0 Å². The van der Waals surface area contributed by atoms with Gasteiger partial charge in [0.25, 0.3) is 0 Å². The molecule has 0 bridgehead atoms. The summed E-state index contributed by atoms with van der Waals surface area (Å²) in [5.74, 6) is 0. The highest BCUT2D eigenvalue weighted by Gasteiger charge is 2.32. The number of rotatable bonds is 4. The van der Waals surface area contributed by atoms with Crippen LogP contribution < -0.4 is 0 Å². The van der Waals surface area contributed by atoms with Crippen molar-refractivity contribution >= 4 is 9.24 Å². The Labute approximate surface area is 107 Å². The van der Waals surface area contributed by atoms with Crippen molar-refractivity contribution in [2.45, 2.75) is 62.5 Å². The average Bonchev–Trinajstić information content (AvgIpc) is 2.68. The van der Waals surface area contributed by atoms with E-state index in [0.717, 1.165) is 25.9 Å². The molecular weight excluding hydrogens is 235 g/mol. The molecule has 0 amide bonds. The fourth-order valence-electron chi connectivity index (χ4n) is 2.77. The molecule has 1 saturated heterocycles. The Morgan fingerprint density at radius 2 is 1.94 bits per heavy atom. The Hall–Kier alpha value is 0.310. The fraction of sp³-hybridized carbons (Fsp3) is 1.00. The molecule has 17 heavy (non-hydrogen) atoms. The smallest absolute Gasteiger partial charge is 0.107 e. The molecule has 1 heterocycles. The van der Waals surface area contributed by atoms with E-state index in [4.69, 9.17) is 14.2 Å². The van der Waals surface area contributed by atoms with Crippen molar-refractivity contribution < 1.29 is 14.2 Å². The van der Waals surface area contributed by atoms with E-state index >= 15 is 0 Å². The van der Waals surface area contributed by atoms with Crippen molar-refractivity contribution in [3.8, 4) is 0 Å². The number of ether oxygens (including phenoxy) is 3. The zero-order valence-electron chi connectivity index (χ0n) is 10.8. The van der Waals surface area contributed by atoms with Crippen molar-refractivity contribution in [1.29, 1.82) is 0 Å². The molecule has 3 nitrogen and oxygen atoms in total. The lowest BCUT2D eigenvalue weighted by molar-refractivity contribution is -0.0743. The van der Waals surface area contributed by atoms with Gasteiger partial charge in [-0.1, -0.05) is 25.7 Å². The first-order valence-corrected chi connectivity index (χ1v) is 7.38. The van der Waals surface area contributed by atoms with Gasteiger partial charge in [-0.25, -0.2) is 0 Å². The van der Waals surface area contributed by atoms with Gasteiger partial charge < -0.3 is 14.2 Å². The standard InChI is InChI=1S/C13H25O3P/c1-14-11-6-9-15-12(11)10-16-13(17)7-4-2-3-5-8-13/h11-12H,2-10,17H2,1H3/t11-,12-/m1/s1. The van der Waals surface area contributed by atoms with Crippen LogP contribution in [0.25, 0.3) is 0 Å². The molecule has 2 fully saturated rings. The van der Waals surface area contributed by atoms with Crippen LogP contribution in [0.3, 0.4) is 0 Å². The second kappa shape index (κ2) is 6.47. The van der Waals surface area contributed by atoms with Crippen LogP contribution in [0.15, 0.2) is 0 Å². The summed E-state index contributed by atoms with van der Waals surface area (Å²) in [5.41, 5.74) is 0. The first kappa shape index (κ1) is 13.7. The second-order valence-electron chi connectivity index (χ2n) is 5.26. The van der Waals surface area contributed by atoms with Crippen molar-refractivity contribution in [3.05, 3.63) is 0 Å². The van der Waals surface area contributed by atoms with Gasteiger partial charge in [-0.2, -0.15) is 0 Å². The lowest BCUT2D eigenvalue weighted by Crippen LogP contribution is -2.34. The first-order valence-electron chi connectivity index (χ1n) is 6.81. The molecule has 100 valence electrons. The van der Waals surface area contributed by atoms with E-state index in [1.807, 2.05) is 0 Å². The minimum Gasteiger partial charge on any atom is -0.379 e. The molecule has 0 N–H and O–H groups in total.